The van der Waals surface area contributed by atoms with Crippen LogP contribution in [0.25, 0.3) is 0 Å². The maximum absolute atomic E-state index is 9.18. The van der Waals surface area contributed by atoms with Crippen molar-refractivity contribution in [3.63, 3.8) is 0 Å². The van der Waals surface area contributed by atoms with Gasteiger partial charge in [-0.3, -0.25) is 4.98 Å². The van der Waals surface area contributed by atoms with Crippen molar-refractivity contribution in [1.29, 1.82) is 0 Å². The van der Waals surface area contributed by atoms with E-state index >= 15 is 0 Å². The first kappa shape index (κ1) is 14.3. The predicted molar refractivity (Wildman–Crippen MR) is 61.6 cm³/mol. The Morgan fingerprint density at radius 1 is 1.50 bits per heavy atom. The van der Waals surface area contributed by atoms with E-state index in [0.717, 1.165) is 0 Å². The van der Waals surface area contributed by atoms with Crippen molar-refractivity contribution in [2.45, 2.75) is 33.1 Å². The Hall–Kier alpha value is -1.65. The molecule has 0 spiro atoms. The van der Waals surface area contributed by atoms with E-state index < -0.39 is 5.09 Å². The third-order valence-electron chi connectivity index (χ3n) is 1.76. The number of pyridine rings is 1. The van der Waals surface area contributed by atoms with E-state index in [0.29, 0.717) is 0 Å². The second-order valence-electron chi connectivity index (χ2n) is 4.13. The molecule has 16 heavy (non-hydrogen) atoms. The van der Waals surface area contributed by atoms with Gasteiger partial charge in [0, 0.05) is 12.4 Å². The van der Waals surface area contributed by atoms with Crippen LogP contribution in [0.1, 0.15) is 33.3 Å². The molecule has 0 atom stereocenters. The Morgan fingerprint density at radius 2 is 2.12 bits per heavy atom. The summed E-state index contributed by atoms with van der Waals surface area (Å²) >= 11 is 0. The molecule has 0 fully saturated rings. The fraction of sp³-hybridized carbons (Fsp3) is 0.545. The molecule has 0 radical (unpaired) electrons. The molecule has 0 saturated heterocycles. The smallest absolute Gasteiger partial charge is 0.294 e. The van der Waals surface area contributed by atoms with Gasteiger partial charge in [0.1, 0.15) is 0 Å². The molecule has 0 saturated carbocycles. The molecule has 0 aliphatic carbocycles. The highest BCUT2D eigenvalue weighted by Gasteiger charge is 2.11. The lowest BCUT2D eigenvalue weighted by atomic mass is 9.88. The number of nitrogens with zero attached hydrogens (tertiary/aromatic N) is 2. The first-order valence-corrected chi connectivity index (χ1v) is 5.05. The second kappa shape index (κ2) is 6.76. The third-order valence-corrected chi connectivity index (χ3v) is 1.76. The van der Waals surface area contributed by atoms with E-state index in [1.165, 1.54) is 5.56 Å². The Kier molecular flexibility index (Phi) is 6.07. The first-order valence-electron chi connectivity index (χ1n) is 5.05. The van der Waals surface area contributed by atoms with E-state index in [1.54, 1.807) is 13.1 Å². The van der Waals surface area contributed by atoms with Crippen LogP contribution in [0, 0.1) is 10.1 Å². The Bertz CT molecular complexity index is 307. The second-order valence-corrected chi connectivity index (χ2v) is 4.13. The Labute approximate surface area is 95.6 Å². The molecule has 0 aromatic carbocycles. The highest BCUT2D eigenvalue weighted by Crippen LogP contribution is 2.19. The molecule has 0 aliphatic rings. The zero-order valence-electron chi connectivity index (χ0n) is 10.1. The van der Waals surface area contributed by atoms with Gasteiger partial charge in [-0.1, -0.05) is 26.8 Å². The van der Waals surface area contributed by atoms with Gasteiger partial charge in [-0.05, 0) is 24.0 Å². The highest BCUT2D eigenvalue weighted by atomic mass is 16.9. The van der Waals surface area contributed by atoms with E-state index in [2.05, 4.69) is 36.7 Å². The molecule has 5 nitrogen and oxygen atoms in total. The fourth-order valence-corrected chi connectivity index (χ4v) is 0.912. The molecule has 0 N–H and O–H groups in total. The van der Waals surface area contributed by atoms with Gasteiger partial charge in [-0.15, -0.1) is 10.1 Å². The molecule has 0 bridgehead atoms. The standard InChI is InChI=1S/C9H13N.C2H5NO3/c1-9(2,3)8-5-4-6-10-7-8;1-2-6-3(4)5/h4-7H,1-3H3;2H2,1H3. The van der Waals surface area contributed by atoms with Gasteiger partial charge in [-0.25, -0.2) is 0 Å². The van der Waals surface area contributed by atoms with Gasteiger partial charge in [0.05, 0.1) is 6.61 Å². The molecule has 1 aromatic rings. The van der Waals surface area contributed by atoms with Crippen LogP contribution in [-0.4, -0.2) is 16.7 Å². The van der Waals surface area contributed by atoms with Crippen LogP contribution >= 0.6 is 0 Å². The largest absolute Gasteiger partial charge is 0.314 e. The molecule has 0 aliphatic heterocycles. The molecule has 0 unspecified atom stereocenters. The zero-order chi connectivity index (χ0) is 12.6. The normalized spacial score (nSPS) is 10.0. The summed E-state index contributed by atoms with van der Waals surface area (Å²) in [6.45, 7) is 8.24. The summed E-state index contributed by atoms with van der Waals surface area (Å²) in [6.07, 6.45) is 3.72. The van der Waals surface area contributed by atoms with Crippen LogP contribution in [0.4, 0.5) is 0 Å². The Morgan fingerprint density at radius 3 is 2.31 bits per heavy atom. The van der Waals surface area contributed by atoms with E-state index in [9.17, 15) is 10.1 Å². The van der Waals surface area contributed by atoms with Crippen LogP contribution in [-0.2, 0) is 10.3 Å². The van der Waals surface area contributed by atoms with Gasteiger partial charge in [0.2, 0.25) is 0 Å². The van der Waals surface area contributed by atoms with Gasteiger partial charge < -0.3 is 4.84 Å². The van der Waals surface area contributed by atoms with Crippen molar-refractivity contribution in [3.8, 4) is 0 Å². The molecular formula is C11H18N2O3. The number of rotatable bonds is 2. The van der Waals surface area contributed by atoms with Crippen LogP contribution in [0.5, 0.6) is 0 Å². The number of hydrogen-bond donors (Lipinski definition) is 0. The van der Waals surface area contributed by atoms with Crippen molar-refractivity contribution in [3.05, 3.63) is 40.2 Å². The molecule has 1 aromatic heterocycles. The van der Waals surface area contributed by atoms with Crippen molar-refractivity contribution >= 4 is 0 Å². The monoisotopic (exact) mass is 226 g/mol. The van der Waals surface area contributed by atoms with Gasteiger partial charge >= 0.3 is 0 Å². The molecule has 90 valence electrons. The summed E-state index contributed by atoms with van der Waals surface area (Å²) in [5, 5.41) is 8.36. The van der Waals surface area contributed by atoms with Crippen LogP contribution < -0.4 is 0 Å². The summed E-state index contributed by atoms with van der Waals surface area (Å²) in [4.78, 5) is 17.0. The Balaban J connectivity index is 0.000000325. The van der Waals surface area contributed by atoms with Crippen molar-refractivity contribution in [2.24, 2.45) is 0 Å². The predicted octanol–water partition coefficient (Wildman–Crippen LogP) is 2.59. The molecule has 0 amide bonds. The lowest BCUT2D eigenvalue weighted by Gasteiger charge is -2.17. The molecule has 5 heteroatoms. The average molecular weight is 226 g/mol. The molecule has 1 heterocycles. The summed E-state index contributed by atoms with van der Waals surface area (Å²) in [6, 6.07) is 4.08. The molecular weight excluding hydrogens is 208 g/mol. The van der Waals surface area contributed by atoms with Gasteiger partial charge in [0.25, 0.3) is 5.09 Å². The SMILES string of the molecule is CC(C)(C)c1cccnc1.CCO[N+](=O)[O-]. The van der Waals surface area contributed by atoms with E-state index in [-0.39, 0.29) is 12.0 Å². The average Bonchev–Trinajstić information content (AvgIpc) is 2.18. The number of aromatic nitrogens is 1. The topological polar surface area (TPSA) is 65.3 Å². The summed E-state index contributed by atoms with van der Waals surface area (Å²) < 4.78 is 0. The van der Waals surface area contributed by atoms with Crippen LogP contribution in [0.2, 0.25) is 0 Å². The minimum Gasteiger partial charge on any atom is -0.314 e. The highest BCUT2D eigenvalue weighted by molar-refractivity contribution is 5.17. The third kappa shape index (κ3) is 6.75. The molecule has 1 rings (SSSR count). The first-order chi connectivity index (χ1) is 7.38. The summed E-state index contributed by atoms with van der Waals surface area (Å²) in [5.41, 5.74) is 1.52. The van der Waals surface area contributed by atoms with Crippen molar-refractivity contribution in [2.75, 3.05) is 6.61 Å². The summed E-state index contributed by atoms with van der Waals surface area (Å²) in [7, 11) is 0. The quantitative estimate of drug-likeness (QED) is 0.574. The van der Waals surface area contributed by atoms with Crippen LogP contribution in [0.3, 0.4) is 0 Å². The van der Waals surface area contributed by atoms with Crippen LogP contribution in [0.15, 0.2) is 24.5 Å². The lowest BCUT2D eigenvalue weighted by Crippen LogP contribution is -2.10. The minimum atomic E-state index is -0.819. The number of hydrogen-bond acceptors (Lipinski definition) is 4. The lowest BCUT2D eigenvalue weighted by molar-refractivity contribution is -0.756. The van der Waals surface area contributed by atoms with Gasteiger partial charge in [0.15, 0.2) is 0 Å². The zero-order valence-corrected chi connectivity index (χ0v) is 10.1. The van der Waals surface area contributed by atoms with Gasteiger partial charge in [-0.2, -0.15) is 0 Å². The van der Waals surface area contributed by atoms with Crippen molar-refractivity contribution in [1.82, 2.24) is 4.98 Å². The van der Waals surface area contributed by atoms with E-state index in [1.807, 2.05) is 12.3 Å². The minimum absolute atomic E-state index is 0.132. The van der Waals surface area contributed by atoms with Crippen molar-refractivity contribution < 1.29 is 9.92 Å². The maximum Gasteiger partial charge on any atom is 0.294 e. The van der Waals surface area contributed by atoms with E-state index in [4.69, 9.17) is 0 Å². The maximum atomic E-state index is 9.18. The fourth-order valence-electron chi connectivity index (χ4n) is 0.912. The summed E-state index contributed by atoms with van der Waals surface area (Å²) in [5.74, 6) is 0.